The van der Waals surface area contributed by atoms with Gasteiger partial charge in [0.1, 0.15) is 5.82 Å². The van der Waals surface area contributed by atoms with Crippen molar-refractivity contribution in [2.45, 2.75) is 19.9 Å². The monoisotopic (exact) mass is 316 g/mol. The van der Waals surface area contributed by atoms with E-state index in [1.54, 1.807) is 0 Å². The first-order chi connectivity index (χ1) is 11.8. The van der Waals surface area contributed by atoms with Gasteiger partial charge in [0.05, 0.1) is 0 Å². The Kier molecular flexibility index (Phi) is 3.87. The number of anilines is 3. The number of aryl methyl sites for hydroxylation is 1. The van der Waals surface area contributed by atoms with Gasteiger partial charge in [0.25, 0.3) is 0 Å². The summed E-state index contributed by atoms with van der Waals surface area (Å²) in [5.74, 6) is 1.64. The Morgan fingerprint density at radius 1 is 1.00 bits per heavy atom. The van der Waals surface area contributed by atoms with Crippen LogP contribution in [-0.4, -0.2) is 16.5 Å². The van der Waals surface area contributed by atoms with Gasteiger partial charge in [-0.25, -0.2) is 4.98 Å². The quantitative estimate of drug-likeness (QED) is 0.787. The fourth-order valence-electron chi connectivity index (χ4n) is 3.12. The summed E-state index contributed by atoms with van der Waals surface area (Å²) in [6.07, 6.45) is 1.06. The maximum absolute atomic E-state index is 4.73. The summed E-state index contributed by atoms with van der Waals surface area (Å²) in [7, 11) is 0. The van der Waals surface area contributed by atoms with Gasteiger partial charge in [-0.3, -0.25) is 0 Å². The van der Waals surface area contributed by atoms with Crippen LogP contribution in [0.3, 0.4) is 0 Å². The predicted molar refractivity (Wildman–Crippen MR) is 97.7 cm³/mol. The van der Waals surface area contributed by atoms with Gasteiger partial charge in [-0.2, -0.15) is 4.98 Å². The van der Waals surface area contributed by atoms with Crippen molar-refractivity contribution in [2.24, 2.45) is 0 Å². The highest BCUT2D eigenvalue weighted by molar-refractivity contribution is 5.68. The lowest BCUT2D eigenvalue weighted by molar-refractivity contribution is 0.948. The van der Waals surface area contributed by atoms with Crippen LogP contribution in [-0.2, 0) is 13.0 Å². The highest BCUT2D eigenvalue weighted by Crippen LogP contribution is 2.33. The molecule has 1 aromatic heterocycles. The number of rotatable bonds is 4. The van der Waals surface area contributed by atoms with E-state index in [4.69, 9.17) is 4.98 Å². The van der Waals surface area contributed by atoms with Crippen LogP contribution >= 0.6 is 0 Å². The summed E-state index contributed by atoms with van der Waals surface area (Å²) in [6, 6.07) is 20.9. The van der Waals surface area contributed by atoms with Gasteiger partial charge in [0.2, 0.25) is 5.95 Å². The number of benzene rings is 2. The fourth-order valence-corrected chi connectivity index (χ4v) is 3.12. The van der Waals surface area contributed by atoms with Crippen molar-refractivity contribution in [3.63, 3.8) is 0 Å². The molecule has 4 heteroatoms. The molecule has 0 fully saturated rings. The Bertz CT molecular complexity index is 845. The van der Waals surface area contributed by atoms with E-state index in [0.29, 0.717) is 5.95 Å². The van der Waals surface area contributed by atoms with Crippen molar-refractivity contribution in [1.29, 1.82) is 0 Å². The first kappa shape index (κ1) is 14.7. The molecule has 2 aromatic carbocycles. The molecule has 0 atom stereocenters. The molecular formula is C20H20N4. The van der Waals surface area contributed by atoms with E-state index in [-0.39, 0.29) is 0 Å². The minimum absolute atomic E-state index is 0.679. The SMILES string of the molecule is Cc1cc(N2CCc3ccccc32)nc(NCc2ccccc2)n1. The Labute approximate surface area is 142 Å². The minimum Gasteiger partial charge on any atom is -0.350 e. The molecule has 120 valence electrons. The van der Waals surface area contributed by atoms with Crippen molar-refractivity contribution < 1.29 is 0 Å². The average molecular weight is 316 g/mol. The van der Waals surface area contributed by atoms with Gasteiger partial charge < -0.3 is 10.2 Å². The summed E-state index contributed by atoms with van der Waals surface area (Å²) < 4.78 is 0. The molecule has 4 nitrogen and oxygen atoms in total. The van der Waals surface area contributed by atoms with E-state index >= 15 is 0 Å². The van der Waals surface area contributed by atoms with Crippen LogP contribution in [0, 0.1) is 6.92 Å². The minimum atomic E-state index is 0.679. The molecule has 24 heavy (non-hydrogen) atoms. The second-order valence-electron chi connectivity index (χ2n) is 6.06. The van der Waals surface area contributed by atoms with Gasteiger partial charge in [0, 0.05) is 30.5 Å². The Morgan fingerprint density at radius 2 is 1.79 bits per heavy atom. The van der Waals surface area contributed by atoms with Crippen LogP contribution in [0.4, 0.5) is 17.5 Å². The normalized spacial score (nSPS) is 13.0. The van der Waals surface area contributed by atoms with Crippen LogP contribution in [0.2, 0.25) is 0 Å². The number of aromatic nitrogens is 2. The molecule has 3 aromatic rings. The lowest BCUT2D eigenvalue weighted by atomic mass is 10.2. The molecule has 0 saturated heterocycles. The largest absolute Gasteiger partial charge is 0.350 e. The molecule has 1 aliphatic rings. The third-order valence-corrected chi connectivity index (χ3v) is 4.30. The van der Waals surface area contributed by atoms with Gasteiger partial charge in [0.15, 0.2) is 0 Å². The molecule has 0 unspecified atom stereocenters. The summed E-state index contributed by atoms with van der Waals surface area (Å²) in [5.41, 5.74) is 4.83. The van der Waals surface area contributed by atoms with Crippen LogP contribution in [0.5, 0.6) is 0 Å². The molecule has 1 aliphatic heterocycles. The summed E-state index contributed by atoms with van der Waals surface area (Å²) in [4.78, 5) is 11.5. The number of fused-ring (bicyclic) bond motifs is 1. The van der Waals surface area contributed by atoms with Crippen molar-refractivity contribution >= 4 is 17.5 Å². The Hall–Kier alpha value is -2.88. The molecule has 4 rings (SSSR count). The third-order valence-electron chi connectivity index (χ3n) is 4.30. The Morgan fingerprint density at radius 3 is 2.67 bits per heavy atom. The zero-order chi connectivity index (χ0) is 16.4. The zero-order valence-electron chi connectivity index (χ0n) is 13.7. The first-order valence-corrected chi connectivity index (χ1v) is 8.28. The molecule has 1 N–H and O–H groups in total. The highest BCUT2D eigenvalue weighted by Gasteiger charge is 2.21. The molecule has 0 amide bonds. The number of nitrogens with zero attached hydrogens (tertiary/aromatic N) is 3. The van der Waals surface area contributed by atoms with Gasteiger partial charge >= 0.3 is 0 Å². The van der Waals surface area contributed by atoms with Gasteiger partial charge in [-0.1, -0.05) is 48.5 Å². The standard InChI is InChI=1S/C20H20N4/c1-15-13-19(24-12-11-17-9-5-6-10-18(17)24)23-20(22-15)21-14-16-7-3-2-4-8-16/h2-10,13H,11-12,14H2,1H3,(H,21,22,23). The molecule has 0 aliphatic carbocycles. The van der Waals surface area contributed by atoms with Crippen LogP contribution in [0.25, 0.3) is 0 Å². The van der Waals surface area contributed by atoms with Crippen LogP contribution in [0.1, 0.15) is 16.8 Å². The van der Waals surface area contributed by atoms with E-state index in [2.05, 4.69) is 57.7 Å². The molecule has 2 heterocycles. The second kappa shape index (κ2) is 6.32. The Balaban J connectivity index is 1.58. The lowest BCUT2D eigenvalue weighted by Crippen LogP contribution is -2.16. The molecule has 0 radical (unpaired) electrons. The van der Waals surface area contributed by atoms with Gasteiger partial charge in [-0.05, 0) is 30.5 Å². The zero-order valence-corrected chi connectivity index (χ0v) is 13.7. The number of para-hydroxylation sites is 1. The summed E-state index contributed by atoms with van der Waals surface area (Å²) in [6.45, 7) is 3.70. The second-order valence-corrected chi connectivity index (χ2v) is 6.06. The maximum Gasteiger partial charge on any atom is 0.225 e. The van der Waals surface area contributed by atoms with E-state index < -0.39 is 0 Å². The maximum atomic E-state index is 4.73. The summed E-state index contributed by atoms with van der Waals surface area (Å²) >= 11 is 0. The lowest BCUT2D eigenvalue weighted by Gasteiger charge is -2.19. The van der Waals surface area contributed by atoms with Gasteiger partial charge in [-0.15, -0.1) is 0 Å². The van der Waals surface area contributed by atoms with E-state index in [9.17, 15) is 0 Å². The number of nitrogens with one attached hydrogen (secondary N) is 1. The van der Waals surface area contributed by atoms with E-state index in [0.717, 1.165) is 31.0 Å². The first-order valence-electron chi connectivity index (χ1n) is 8.28. The van der Waals surface area contributed by atoms with E-state index in [1.807, 2.05) is 25.1 Å². The van der Waals surface area contributed by atoms with Crippen molar-refractivity contribution in [2.75, 3.05) is 16.8 Å². The molecule has 0 saturated carbocycles. The highest BCUT2D eigenvalue weighted by atomic mass is 15.2. The topological polar surface area (TPSA) is 41.1 Å². The van der Waals surface area contributed by atoms with Crippen LogP contribution < -0.4 is 10.2 Å². The van der Waals surface area contributed by atoms with Crippen molar-refractivity contribution in [3.05, 3.63) is 77.5 Å². The third kappa shape index (κ3) is 2.95. The summed E-state index contributed by atoms with van der Waals surface area (Å²) in [5, 5.41) is 3.34. The molecular weight excluding hydrogens is 296 g/mol. The van der Waals surface area contributed by atoms with Crippen LogP contribution in [0.15, 0.2) is 60.7 Å². The van der Waals surface area contributed by atoms with Crippen molar-refractivity contribution in [1.82, 2.24) is 9.97 Å². The smallest absolute Gasteiger partial charge is 0.225 e. The fraction of sp³-hybridized carbons (Fsp3) is 0.200. The number of hydrogen-bond donors (Lipinski definition) is 1. The average Bonchev–Trinajstić information content (AvgIpc) is 3.05. The predicted octanol–water partition coefficient (Wildman–Crippen LogP) is 4.09. The number of hydrogen-bond acceptors (Lipinski definition) is 4. The molecule has 0 bridgehead atoms. The van der Waals surface area contributed by atoms with E-state index in [1.165, 1.54) is 16.8 Å². The van der Waals surface area contributed by atoms with Crippen molar-refractivity contribution in [3.8, 4) is 0 Å². The molecule has 0 spiro atoms.